The van der Waals surface area contributed by atoms with Crippen molar-refractivity contribution in [2.45, 2.75) is 18.8 Å². The molecule has 2 aromatic rings. The van der Waals surface area contributed by atoms with Crippen LogP contribution >= 0.6 is 0 Å². The number of benzene rings is 2. The molecule has 3 rings (SSSR count). The molecule has 1 nitrogen and oxygen atoms in total. The molecular formula is C15H13N. The van der Waals surface area contributed by atoms with Crippen LogP contribution < -0.4 is 0 Å². The van der Waals surface area contributed by atoms with Crippen LogP contribution in [0.5, 0.6) is 0 Å². The van der Waals surface area contributed by atoms with Gasteiger partial charge in [-0.05, 0) is 34.7 Å². The maximum absolute atomic E-state index is 9.30. The van der Waals surface area contributed by atoms with E-state index in [-0.39, 0.29) is 5.41 Å². The molecule has 2 aromatic carbocycles. The fourth-order valence-corrected chi connectivity index (χ4v) is 2.51. The van der Waals surface area contributed by atoms with Gasteiger partial charge in [0, 0.05) is 0 Å². The molecule has 2 atom stereocenters. The van der Waals surface area contributed by atoms with Gasteiger partial charge < -0.3 is 0 Å². The first-order valence-corrected chi connectivity index (χ1v) is 5.67. The minimum atomic E-state index is -0.204. The highest BCUT2D eigenvalue weighted by Crippen LogP contribution is 2.53. The Bertz CT molecular complexity index is 594. The lowest BCUT2D eigenvalue weighted by atomic mass is 9.93. The van der Waals surface area contributed by atoms with Crippen molar-refractivity contribution < 1.29 is 0 Å². The summed E-state index contributed by atoms with van der Waals surface area (Å²) in [5.41, 5.74) is 0.977. The van der Waals surface area contributed by atoms with Crippen LogP contribution in [0, 0.1) is 17.2 Å². The van der Waals surface area contributed by atoms with E-state index in [4.69, 9.17) is 0 Å². The SMILES string of the molecule is CC1CC1(C#N)c1ccc2ccccc2c1. The Balaban J connectivity index is 2.17. The normalized spacial score (nSPS) is 27.6. The second kappa shape index (κ2) is 3.09. The molecular weight excluding hydrogens is 194 g/mol. The minimum absolute atomic E-state index is 0.204. The number of nitrogens with zero attached hydrogens (tertiary/aromatic N) is 1. The summed E-state index contributed by atoms with van der Waals surface area (Å²) in [5, 5.41) is 11.8. The molecule has 0 radical (unpaired) electrons. The van der Waals surface area contributed by atoms with Crippen LogP contribution in [-0.4, -0.2) is 0 Å². The van der Waals surface area contributed by atoms with Crippen molar-refractivity contribution in [1.82, 2.24) is 0 Å². The summed E-state index contributed by atoms with van der Waals surface area (Å²) >= 11 is 0. The van der Waals surface area contributed by atoms with E-state index < -0.39 is 0 Å². The van der Waals surface area contributed by atoms with Crippen LogP contribution in [0.2, 0.25) is 0 Å². The Hall–Kier alpha value is -1.81. The number of hydrogen-bond donors (Lipinski definition) is 0. The fourth-order valence-electron chi connectivity index (χ4n) is 2.51. The van der Waals surface area contributed by atoms with E-state index in [1.165, 1.54) is 16.3 Å². The zero-order chi connectivity index (χ0) is 11.2. The van der Waals surface area contributed by atoms with Crippen molar-refractivity contribution in [3.05, 3.63) is 48.0 Å². The quantitative estimate of drug-likeness (QED) is 0.700. The maximum Gasteiger partial charge on any atom is 0.0851 e. The van der Waals surface area contributed by atoms with Gasteiger partial charge >= 0.3 is 0 Å². The molecule has 0 aliphatic heterocycles. The summed E-state index contributed by atoms with van der Waals surface area (Å²) in [5.74, 6) is 0.499. The smallest absolute Gasteiger partial charge is 0.0851 e. The molecule has 1 aliphatic carbocycles. The Kier molecular flexibility index (Phi) is 1.82. The van der Waals surface area contributed by atoms with Gasteiger partial charge in [-0.2, -0.15) is 5.26 Å². The third-order valence-electron chi connectivity index (χ3n) is 3.77. The number of nitriles is 1. The summed E-state index contributed by atoms with van der Waals surface area (Å²) in [6, 6.07) is 17.2. The van der Waals surface area contributed by atoms with E-state index in [0.29, 0.717) is 5.92 Å². The molecule has 16 heavy (non-hydrogen) atoms. The van der Waals surface area contributed by atoms with Crippen molar-refractivity contribution in [1.29, 1.82) is 5.26 Å². The average Bonchev–Trinajstić information content (AvgIpc) is 3.01. The van der Waals surface area contributed by atoms with Gasteiger partial charge in [-0.1, -0.05) is 43.3 Å². The molecule has 0 bridgehead atoms. The Labute approximate surface area is 95.3 Å². The van der Waals surface area contributed by atoms with E-state index in [0.717, 1.165) is 6.42 Å². The van der Waals surface area contributed by atoms with Gasteiger partial charge in [0.1, 0.15) is 0 Å². The monoisotopic (exact) mass is 207 g/mol. The molecule has 1 saturated carbocycles. The second-order valence-electron chi connectivity index (χ2n) is 4.75. The van der Waals surface area contributed by atoms with Crippen molar-refractivity contribution in [3.63, 3.8) is 0 Å². The zero-order valence-corrected chi connectivity index (χ0v) is 9.27. The van der Waals surface area contributed by atoms with Crippen LogP contribution in [-0.2, 0) is 5.41 Å². The van der Waals surface area contributed by atoms with Crippen molar-refractivity contribution in [2.24, 2.45) is 5.92 Å². The predicted molar refractivity (Wildman–Crippen MR) is 65.0 cm³/mol. The van der Waals surface area contributed by atoms with Gasteiger partial charge in [0.2, 0.25) is 0 Å². The van der Waals surface area contributed by atoms with E-state index in [9.17, 15) is 5.26 Å². The topological polar surface area (TPSA) is 23.8 Å². The van der Waals surface area contributed by atoms with Crippen LogP contribution in [0.25, 0.3) is 10.8 Å². The molecule has 0 heterocycles. The van der Waals surface area contributed by atoms with Crippen molar-refractivity contribution in [3.8, 4) is 6.07 Å². The molecule has 0 aromatic heterocycles. The minimum Gasteiger partial charge on any atom is -0.197 e. The number of hydrogen-bond acceptors (Lipinski definition) is 1. The van der Waals surface area contributed by atoms with Crippen LogP contribution in [0.1, 0.15) is 18.9 Å². The standard InChI is InChI=1S/C15H13N/c1-11-9-15(11,10-16)14-7-6-12-4-2-3-5-13(12)8-14/h2-8,11H,9H2,1H3. The molecule has 1 aliphatic rings. The van der Waals surface area contributed by atoms with E-state index in [2.05, 4.69) is 43.3 Å². The summed E-state index contributed by atoms with van der Waals surface area (Å²) in [6.07, 6.45) is 1.00. The highest BCUT2D eigenvalue weighted by molar-refractivity contribution is 5.83. The summed E-state index contributed by atoms with van der Waals surface area (Å²) in [4.78, 5) is 0. The Morgan fingerprint density at radius 2 is 1.88 bits per heavy atom. The Morgan fingerprint density at radius 1 is 1.19 bits per heavy atom. The first kappa shape index (κ1) is 9.42. The highest BCUT2D eigenvalue weighted by atomic mass is 14.6. The van der Waals surface area contributed by atoms with Crippen LogP contribution in [0.4, 0.5) is 0 Å². The molecule has 1 fully saturated rings. The lowest BCUT2D eigenvalue weighted by molar-refractivity contribution is 0.793. The first-order valence-electron chi connectivity index (χ1n) is 5.67. The summed E-state index contributed by atoms with van der Waals surface area (Å²) in [6.45, 7) is 2.15. The molecule has 2 unspecified atom stereocenters. The van der Waals surface area contributed by atoms with Crippen molar-refractivity contribution >= 4 is 10.8 Å². The number of rotatable bonds is 1. The third-order valence-corrected chi connectivity index (χ3v) is 3.77. The van der Waals surface area contributed by atoms with Gasteiger partial charge in [-0.3, -0.25) is 0 Å². The highest BCUT2D eigenvalue weighted by Gasteiger charge is 2.53. The second-order valence-corrected chi connectivity index (χ2v) is 4.75. The van der Waals surface area contributed by atoms with Gasteiger partial charge in [-0.15, -0.1) is 0 Å². The first-order chi connectivity index (χ1) is 7.76. The lowest BCUT2D eigenvalue weighted by Gasteiger charge is -2.08. The van der Waals surface area contributed by atoms with Crippen molar-refractivity contribution in [2.75, 3.05) is 0 Å². The van der Waals surface area contributed by atoms with E-state index in [1.54, 1.807) is 0 Å². The Morgan fingerprint density at radius 3 is 2.50 bits per heavy atom. The number of fused-ring (bicyclic) bond motifs is 1. The van der Waals surface area contributed by atoms with Gasteiger partial charge in [0.15, 0.2) is 0 Å². The van der Waals surface area contributed by atoms with Gasteiger partial charge in [0.05, 0.1) is 11.5 Å². The predicted octanol–water partition coefficient (Wildman–Crippen LogP) is 3.64. The molecule has 0 spiro atoms. The summed E-state index contributed by atoms with van der Waals surface area (Å²) < 4.78 is 0. The molecule has 0 N–H and O–H groups in total. The summed E-state index contributed by atoms with van der Waals surface area (Å²) in [7, 11) is 0. The van der Waals surface area contributed by atoms with E-state index in [1.807, 2.05) is 12.1 Å². The van der Waals surface area contributed by atoms with Crippen LogP contribution in [0.15, 0.2) is 42.5 Å². The maximum atomic E-state index is 9.30. The lowest BCUT2D eigenvalue weighted by Crippen LogP contribution is -2.05. The van der Waals surface area contributed by atoms with Gasteiger partial charge in [-0.25, -0.2) is 0 Å². The van der Waals surface area contributed by atoms with Crippen LogP contribution in [0.3, 0.4) is 0 Å². The average molecular weight is 207 g/mol. The fraction of sp³-hybridized carbons (Fsp3) is 0.267. The molecule has 0 saturated heterocycles. The van der Waals surface area contributed by atoms with Gasteiger partial charge in [0.25, 0.3) is 0 Å². The van der Waals surface area contributed by atoms with E-state index >= 15 is 0 Å². The molecule has 0 amide bonds. The third kappa shape index (κ3) is 1.17. The largest absolute Gasteiger partial charge is 0.197 e. The molecule has 1 heteroatoms. The zero-order valence-electron chi connectivity index (χ0n) is 9.27. The molecule has 78 valence electrons.